The van der Waals surface area contributed by atoms with Crippen LogP contribution in [0.4, 0.5) is 0 Å². The Labute approximate surface area is 69.8 Å². The molecule has 0 radical (unpaired) electrons. The fourth-order valence-corrected chi connectivity index (χ4v) is 1.12. The molecule has 12 heavy (non-hydrogen) atoms. The van der Waals surface area contributed by atoms with Crippen molar-refractivity contribution in [1.82, 2.24) is 0 Å². The quantitative estimate of drug-likeness (QED) is 0.620. The highest BCUT2D eigenvalue weighted by molar-refractivity contribution is 5.97. The Morgan fingerprint density at radius 3 is 2.67 bits per heavy atom. The molecule has 4 heteroatoms. The lowest BCUT2D eigenvalue weighted by Gasteiger charge is -1.98. The number of ketones is 1. The zero-order valence-corrected chi connectivity index (χ0v) is 6.79. The number of aliphatic hydroxyl groups excluding tert-OH is 1. The summed E-state index contributed by atoms with van der Waals surface area (Å²) in [5.74, 6) is -0.958. The number of carbonyl (C=O) groups is 2. The first-order chi connectivity index (χ1) is 5.65. The van der Waals surface area contributed by atoms with Gasteiger partial charge >= 0.3 is 5.97 Å². The smallest absolute Gasteiger partial charge is 0.309 e. The van der Waals surface area contributed by atoms with Gasteiger partial charge in [-0.1, -0.05) is 0 Å². The molecule has 0 fully saturated rings. The minimum atomic E-state index is -0.425. The fourth-order valence-electron chi connectivity index (χ4n) is 1.12. The third kappa shape index (κ3) is 1.64. The summed E-state index contributed by atoms with van der Waals surface area (Å²) in [5.41, 5.74) is 0.492. The summed E-state index contributed by atoms with van der Waals surface area (Å²) in [6.07, 6.45) is 0.798. The highest BCUT2D eigenvalue weighted by Crippen LogP contribution is 2.23. The first-order valence-corrected chi connectivity index (χ1v) is 3.66. The summed E-state index contributed by atoms with van der Waals surface area (Å²) in [7, 11) is 1.27. The van der Waals surface area contributed by atoms with Gasteiger partial charge in [-0.15, -0.1) is 0 Å². The molecule has 1 aliphatic carbocycles. The standard InChI is InChI=1S/C8H10O4/c1-12-7(10)4-5-2-3-6(9)8(5)11/h11H,2-4H2,1H3. The van der Waals surface area contributed by atoms with Gasteiger partial charge in [0.25, 0.3) is 0 Å². The topological polar surface area (TPSA) is 63.6 Å². The van der Waals surface area contributed by atoms with E-state index in [2.05, 4.69) is 4.74 Å². The maximum Gasteiger partial charge on any atom is 0.309 e. The van der Waals surface area contributed by atoms with E-state index in [0.717, 1.165) is 0 Å². The van der Waals surface area contributed by atoms with Crippen LogP contribution in [0.5, 0.6) is 0 Å². The Hall–Kier alpha value is -1.32. The van der Waals surface area contributed by atoms with Crippen molar-refractivity contribution in [3.8, 4) is 0 Å². The number of ether oxygens (including phenoxy) is 1. The third-order valence-electron chi connectivity index (χ3n) is 1.84. The molecule has 0 spiro atoms. The summed E-state index contributed by atoms with van der Waals surface area (Å²) in [5, 5.41) is 9.12. The van der Waals surface area contributed by atoms with Gasteiger partial charge in [0.2, 0.25) is 0 Å². The van der Waals surface area contributed by atoms with E-state index in [1.807, 2.05) is 0 Å². The Morgan fingerprint density at radius 2 is 2.25 bits per heavy atom. The number of allylic oxidation sites excluding steroid dienone is 1. The fraction of sp³-hybridized carbons (Fsp3) is 0.500. The lowest BCUT2D eigenvalue weighted by Crippen LogP contribution is -2.02. The molecule has 0 bridgehead atoms. The summed E-state index contributed by atoms with van der Waals surface area (Å²) in [6, 6.07) is 0. The van der Waals surface area contributed by atoms with Gasteiger partial charge < -0.3 is 9.84 Å². The van der Waals surface area contributed by atoms with Gasteiger partial charge in [-0.3, -0.25) is 9.59 Å². The van der Waals surface area contributed by atoms with Crippen LogP contribution in [0.25, 0.3) is 0 Å². The summed E-state index contributed by atoms with van der Waals surface area (Å²) < 4.78 is 4.40. The first-order valence-electron chi connectivity index (χ1n) is 3.66. The van der Waals surface area contributed by atoms with Crippen molar-refractivity contribution in [3.63, 3.8) is 0 Å². The second-order valence-electron chi connectivity index (χ2n) is 2.63. The molecule has 0 saturated carbocycles. The van der Waals surface area contributed by atoms with Crippen molar-refractivity contribution in [2.45, 2.75) is 19.3 Å². The lowest BCUT2D eigenvalue weighted by atomic mass is 10.1. The number of hydrogen-bond donors (Lipinski definition) is 1. The predicted octanol–water partition coefficient (Wildman–Crippen LogP) is 0.724. The SMILES string of the molecule is COC(=O)CC1=C(O)C(=O)CC1. The Morgan fingerprint density at radius 1 is 1.58 bits per heavy atom. The Balaban J connectivity index is 2.64. The highest BCUT2D eigenvalue weighted by Gasteiger charge is 2.23. The van der Waals surface area contributed by atoms with Gasteiger partial charge in [0.15, 0.2) is 11.5 Å². The van der Waals surface area contributed by atoms with E-state index >= 15 is 0 Å². The molecule has 0 aromatic rings. The normalized spacial score (nSPS) is 16.9. The molecule has 0 heterocycles. The van der Waals surface area contributed by atoms with Gasteiger partial charge in [-0.25, -0.2) is 0 Å². The molecule has 4 nitrogen and oxygen atoms in total. The molecule has 1 rings (SSSR count). The van der Waals surface area contributed by atoms with Crippen LogP contribution in [-0.2, 0) is 14.3 Å². The van der Waals surface area contributed by atoms with E-state index < -0.39 is 5.97 Å². The molecular weight excluding hydrogens is 160 g/mol. The van der Waals surface area contributed by atoms with Crippen LogP contribution < -0.4 is 0 Å². The molecule has 66 valence electrons. The minimum Gasteiger partial charge on any atom is -0.504 e. The van der Waals surface area contributed by atoms with Crippen molar-refractivity contribution in [1.29, 1.82) is 0 Å². The van der Waals surface area contributed by atoms with Crippen LogP contribution in [0.1, 0.15) is 19.3 Å². The number of esters is 1. The van der Waals surface area contributed by atoms with E-state index in [1.54, 1.807) is 0 Å². The van der Waals surface area contributed by atoms with Crippen LogP contribution in [0.3, 0.4) is 0 Å². The summed E-state index contributed by atoms with van der Waals surface area (Å²) in [4.78, 5) is 21.5. The van der Waals surface area contributed by atoms with Gasteiger partial charge in [0.1, 0.15) is 0 Å². The zero-order chi connectivity index (χ0) is 9.14. The maximum absolute atomic E-state index is 10.8. The van der Waals surface area contributed by atoms with Crippen molar-refractivity contribution >= 4 is 11.8 Å². The number of aliphatic hydroxyl groups is 1. The molecule has 1 aliphatic rings. The average molecular weight is 170 g/mol. The van der Waals surface area contributed by atoms with Crippen molar-refractivity contribution in [3.05, 3.63) is 11.3 Å². The van der Waals surface area contributed by atoms with Gasteiger partial charge in [0, 0.05) is 6.42 Å². The van der Waals surface area contributed by atoms with Crippen LogP contribution in [-0.4, -0.2) is 24.0 Å². The largest absolute Gasteiger partial charge is 0.504 e. The van der Waals surface area contributed by atoms with Crippen molar-refractivity contribution in [2.75, 3.05) is 7.11 Å². The summed E-state index contributed by atoms with van der Waals surface area (Å²) in [6.45, 7) is 0. The number of Topliss-reactive ketones (excluding diaryl/α,β-unsaturated/α-hetero) is 1. The first kappa shape index (κ1) is 8.77. The van der Waals surface area contributed by atoms with Gasteiger partial charge in [-0.2, -0.15) is 0 Å². The van der Waals surface area contributed by atoms with Gasteiger partial charge in [0.05, 0.1) is 13.5 Å². The van der Waals surface area contributed by atoms with Crippen LogP contribution in [0.2, 0.25) is 0 Å². The summed E-state index contributed by atoms with van der Waals surface area (Å²) >= 11 is 0. The van der Waals surface area contributed by atoms with Crippen LogP contribution >= 0.6 is 0 Å². The molecule has 1 N–H and O–H groups in total. The molecule has 0 aromatic heterocycles. The van der Waals surface area contributed by atoms with Crippen molar-refractivity contribution in [2.24, 2.45) is 0 Å². The van der Waals surface area contributed by atoms with E-state index in [9.17, 15) is 9.59 Å². The second kappa shape index (κ2) is 3.38. The van der Waals surface area contributed by atoms with E-state index in [4.69, 9.17) is 5.11 Å². The molecule has 0 unspecified atom stereocenters. The van der Waals surface area contributed by atoms with Crippen LogP contribution in [0, 0.1) is 0 Å². The van der Waals surface area contributed by atoms with Gasteiger partial charge in [-0.05, 0) is 12.0 Å². The highest BCUT2D eigenvalue weighted by atomic mass is 16.5. The number of methoxy groups -OCH3 is 1. The number of hydrogen-bond acceptors (Lipinski definition) is 4. The van der Waals surface area contributed by atoms with E-state index in [1.165, 1.54) is 7.11 Å². The lowest BCUT2D eigenvalue weighted by molar-refractivity contribution is -0.139. The second-order valence-corrected chi connectivity index (χ2v) is 2.63. The van der Waals surface area contributed by atoms with E-state index in [0.29, 0.717) is 18.4 Å². The van der Waals surface area contributed by atoms with Crippen molar-refractivity contribution < 1.29 is 19.4 Å². The third-order valence-corrected chi connectivity index (χ3v) is 1.84. The van der Waals surface area contributed by atoms with E-state index in [-0.39, 0.29) is 18.0 Å². The molecular formula is C8H10O4. The molecule has 0 saturated heterocycles. The Kier molecular flexibility index (Phi) is 2.47. The maximum atomic E-state index is 10.8. The zero-order valence-electron chi connectivity index (χ0n) is 6.79. The molecule has 0 amide bonds. The predicted molar refractivity (Wildman–Crippen MR) is 40.5 cm³/mol. The monoisotopic (exact) mass is 170 g/mol. The Bertz CT molecular complexity index is 252. The average Bonchev–Trinajstić information content (AvgIpc) is 2.36. The molecule has 0 atom stereocenters. The molecule has 0 aromatic carbocycles. The number of rotatable bonds is 2. The molecule has 0 aliphatic heterocycles. The number of carbonyl (C=O) groups excluding carboxylic acids is 2. The minimum absolute atomic E-state index is 0.0219. The van der Waals surface area contributed by atoms with Crippen LogP contribution in [0.15, 0.2) is 11.3 Å².